The number of nitrogens with one attached hydrogen (secondary N) is 1. The molecule has 2 heterocycles. The molecular weight excluding hydrogens is 192 g/mol. The zero-order valence-corrected chi connectivity index (χ0v) is 9.10. The van der Waals surface area contributed by atoms with Crippen molar-refractivity contribution in [3.63, 3.8) is 0 Å². The Morgan fingerprint density at radius 3 is 3.07 bits per heavy atom. The molecule has 0 aliphatic carbocycles. The number of aromatic amines is 1. The van der Waals surface area contributed by atoms with Gasteiger partial charge in [0.15, 0.2) is 4.77 Å². The molecular formula is C11H14N2S. The fourth-order valence-electron chi connectivity index (χ4n) is 1.66. The first kappa shape index (κ1) is 9.46. The highest BCUT2D eigenvalue weighted by Gasteiger charge is 2.02. The van der Waals surface area contributed by atoms with E-state index in [1.165, 1.54) is 24.1 Å². The number of hydrogen-bond donors (Lipinski definition) is 1. The summed E-state index contributed by atoms with van der Waals surface area (Å²) in [4.78, 5) is 3.27. The van der Waals surface area contributed by atoms with Crippen LogP contribution in [0.25, 0.3) is 5.52 Å². The number of aryl methyl sites for hydroxylation is 1. The molecule has 74 valence electrons. The molecule has 0 bridgehead atoms. The minimum Gasteiger partial charge on any atom is -0.334 e. The van der Waals surface area contributed by atoms with Crippen molar-refractivity contribution >= 4 is 17.7 Å². The number of imidazole rings is 1. The predicted octanol–water partition coefficient (Wildman–Crippen LogP) is 3.34. The molecule has 2 nitrogen and oxygen atoms in total. The Bertz CT molecular complexity index is 481. The van der Waals surface area contributed by atoms with E-state index in [1.54, 1.807) is 0 Å². The van der Waals surface area contributed by atoms with Gasteiger partial charge in [-0.15, -0.1) is 0 Å². The molecule has 0 atom stereocenters. The summed E-state index contributed by atoms with van der Waals surface area (Å²) in [7, 11) is 0. The summed E-state index contributed by atoms with van der Waals surface area (Å²) >= 11 is 5.23. The zero-order valence-electron chi connectivity index (χ0n) is 8.29. The molecule has 2 aromatic rings. The van der Waals surface area contributed by atoms with E-state index in [4.69, 9.17) is 12.2 Å². The van der Waals surface area contributed by atoms with E-state index in [2.05, 4.69) is 18.0 Å². The van der Waals surface area contributed by atoms with Gasteiger partial charge in [0.1, 0.15) is 0 Å². The third-order valence-electron chi connectivity index (χ3n) is 2.43. The average Bonchev–Trinajstić information content (AvgIpc) is 2.54. The summed E-state index contributed by atoms with van der Waals surface area (Å²) in [6, 6.07) is 6.16. The predicted molar refractivity (Wildman–Crippen MR) is 61.2 cm³/mol. The van der Waals surface area contributed by atoms with Crippen LogP contribution >= 0.6 is 12.2 Å². The smallest absolute Gasteiger partial charge is 0.182 e. The van der Waals surface area contributed by atoms with Gasteiger partial charge in [-0.3, -0.25) is 4.40 Å². The van der Waals surface area contributed by atoms with Crippen LogP contribution in [-0.4, -0.2) is 9.38 Å². The highest BCUT2D eigenvalue weighted by atomic mass is 32.1. The van der Waals surface area contributed by atoms with Gasteiger partial charge in [0.05, 0.1) is 5.52 Å². The zero-order chi connectivity index (χ0) is 9.97. The van der Waals surface area contributed by atoms with Gasteiger partial charge in [0.25, 0.3) is 0 Å². The minimum absolute atomic E-state index is 0.798. The SMILES string of the molecule is CCCCc1[nH]c(=S)n2ccccc12. The molecule has 0 spiro atoms. The average molecular weight is 206 g/mol. The van der Waals surface area contributed by atoms with Crippen LogP contribution in [0.3, 0.4) is 0 Å². The van der Waals surface area contributed by atoms with Crippen LogP contribution in [0.1, 0.15) is 25.5 Å². The summed E-state index contributed by atoms with van der Waals surface area (Å²) in [6.45, 7) is 2.20. The number of aromatic nitrogens is 2. The minimum atomic E-state index is 0.798. The van der Waals surface area contributed by atoms with E-state index in [1.807, 2.05) is 22.7 Å². The number of H-pyrrole nitrogens is 1. The normalized spacial score (nSPS) is 10.9. The van der Waals surface area contributed by atoms with Crippen LogP contribution < -0.4 is 0 Å². The summed E-state index contributed by atoms with van der Waals surface area (Å²) in [6.07, 6.45) is 5.51. The van der Waals surface area contributed by atoms with Gasteiger partial charge in [-0.25, -0.2) is 0 Å². The van der Waals surface area contributed by atoms with Crippen molar-refractivity contribution in [3.05, 3.63) is 34.9 Å². The van der Waals surface area contributed by atoms with Gasteiger partial charge >= 0.3 is 0 Å². The lowest BCUT2D eigenvalue weighted by Gasteiger charge is -1.96. The summed E-state index contributed by atoms with van der Waals surface area (Å²) in [5, 5.41) is 0. The molecule has 2 rings (SSSR count). The third-order valence-corrected chi connectivity index (χ3v) is 2.72. The topological polar surface area (TPSA) is 20.2 Å². The van der Waals surface area contributed by atoms with E-state index in [9.17, 15) is 0 Å². The molecule has 0 saturated heterocycles. The Kier molecular flexibility index (Phi) is 2.68. The van der Waals surface area contributed by atoms with Crippen molar-refractivity contribution in [1.29, 1.82) is 0 Å². The lowest BCUT2D eigenvalue weighted by molar-refractivity contribution is 0.784. The molecule has 0 aliphatic rings. The molecule has 0 amide bonds. The van der Waals surface area contributed by atoms with Crippen LogP contribution in [0, 0.1) is 4.77 Å². The van der Waals surface area contributed by atoms with Crippen LogP contribution in [0.5, 0.6) is 0 Å². The van der Waals surface area contributed by atoms with Crippen molar-refractivity contribution < 1.29 is 0 Å². The second kappa shape index (κ2) is 3.96. The van der Waals surface area contributed by atoms with Crippen molar-refractivity contribution in [1.82, 2.24) is 9.38 Å². The van der Waals surface area contributed by atoms with Gasteiger partial charge < -0.3 is 4.98 Å². The highest BCUT2D eigenvalue weighted by molar-refractivity contribution is 7.71. The van der Waals surface area contributed by atoms with Gasteiger partial charge in [-0.1, -0.05) is 19.4 Å². The summed E-state index contributed by atoms with van der Waals surface area (Å²) < 4.78 is 2.83. The van der Waals surface area contributed by atoms with Crippen molar-refractivity contribution in [3.8, 4) is 0 Å². The second-order valence-corrected chi connectivity index (χ2v) is 3.85. The number of fused-ring (bicyclic) bond motifs is 1. The number of pyridine rings is 1. The standard InChI is InChI=1S/C11H14N2S/c1-2-3-6-9-10-7-4-5-8-13(10)11(14)12-9/h4-5,7-8H,2-3,6H2,1H3,(H,12,14). The van der Waals surface area contributed by atoms with Crippen LogP contribution in [-0.2, 0) is 6.42 Å². The second-order valence-electron chi connectivity index (χ2n) is 3.47. The molecule has 0 fully saturated rings. The Hall–Kier alpha value is -1.09. The summed E-state index contributed by atoms with van der Waals surface area (Å²) in [5.41, 5.74) is 2.48. The summed E-state index contributed by atoms with van der Waals surface area (Å²) in [5.74, 6) is 0. The number of rotatable bonds is 3. The molecule has 0 aliphatic heterocycles. The van der Waals surface area contributed by atoms with Crippen LogP contribution in [0.2, 0.25) is 0 Å². The van der Waals surface area contributed by atoms with E-state index < -0.39 is 0 Å². The molecule has 3 heteroatoms. The first-order valence-corrected chi connectivity index (χ1v) is 5.42. The van der Waals surface area contributed by atoms with Crippen molar-refractivity contribution in [2.75, 3.05) is 0 Å². The maximum absolute atomic E-state index is 5.23. The van der Waals surface area contributed by atoms with E-state index in [-0.39, 0.29) is 0 Å². The largest absolute Gasteiger partial charge is 0.334 e. The molecule has 0 saturated carbocycles. The van der Waals surface area contributed by atoms with Crippen LogP contribution in [0.4, 0.5) is 0 Å². The van der Waals surface area contributed by atoms with E-state index in [0.717, 1.165) is 11.2 Å². The maximum Gasteiger partial charge on any atom is 0.182 e. The molecule has 14 heavy (non-hydrogen) atoms. The molecule has 2 aromatic heterocycles. The van der Waals surface area contributed by atoms with Gasteiger partial charge in [-0.2, -0.15) is 0 Å². The Balaban J connectivity index is 2.50. The van der Waals surface area contributed by atoms with Crippen molar-refractivity contribution in [2.24, 2.45) is 0 Å². The van der Waals surface area contributed by atoms with Gasteiger partial charge in [0.2, 0.25) is 0 Å². The number of nitrogens with zero attached hydrogens (tertiary/aromatic N) is 1. The van der Waals surface area contributed by atoms with E-state index in [0.29, 0.717) is 0 Å². The first-order valence-electron chi connectivity index (χ1n) is 5.01. The molecule has 0 unspecified atom stereocenters. The molecule has 0 aromatic carbocycles. The Labute approximate surface area is 88.6 Å². The quantitative estimate of drug-likeness (QED) is 0.764. The lowest BCUT2D eigenvalue weighted by atomic mass is 10.2. The van der Waals surface area contributed by atoms with Crippen molar-refractivity contribution in [2.45, 2.75) is 26.2 Å². The molecule has 1 N–H and O–H groups in total. The van der Waals surface area contributed by atoms with Gasteiger partial charge in [-0.05, 0) is 37.2 Å². The van der Waals surface area contributed by atoms with Gasteiger partial charge in [0, 0.05) is 11.9 Å². The van der Waals surface area contributed by atoms with Crippen LogP contribution in [0.15, 0.2) is 24.4 Å². The monoisotopic (exact) mass is 206 g/mol. The third kappa shape index (κ3) is 1.60. The number of unbranched alkanes of at least 4 members (excludes halogenated alkanes) is 1. The number of hydrogen-bond acceptors (Lipinski definition) is 1. The Morgan fingerprint density at radius 2 is 2.29 bits per heavy atom. The lowest BCUT2D eigenvalue weighted by Crippen LogP contribution is -1.86. The fraction of sp³-hybridized carbons (Fsp3) is 0.364. The fourth-order valence-corrected chi connectivity index (χ4v) is 1.95. The highest BCUT2D eigenvalue weighted by Crippen LogP contribution is 2.12. The van der Waals surface area contributed by atoms with E-state index >= 15 is 0 Å². The Morgan fingerprint density at radius 1 is 1.43 bits per heavy atom. The molecule has 0 radical (unpaired) electrons. The maximum atomic E-state index is 5.23. The first-order chi connectivity index (χ1) is 6.83.